The predicted octanol–water partition coefficient (Wildman–Crippen LogP) is 5.60. The van der Waals surface area contributed by atoms with Gasteiger partial charge in [0.15, 0.2) is 5.82 Å². The van der Waals surface area contributed by atoms with E-state index in [2.05, 4.69) is 62.4 Å². The topological polar surface area (TPSA) is 83.1 Å². The van der Waals surface area contributed by atoms with Crippen LogP contribution in [0.2, 0.25) is 0 Å². The molecule has 30 heavy (non-hydrogen) atoms. The average Bonchev–Trinajstić information content (AvgIpc) is 3.51. The Morgan fingerprint density at radius 2 is 1.87 bits per heavy atom. The summed E-state index contributed by atoms with van der Waals surface area (Å²) in [5.41, 5.74) is 6.60. The maximum Gasteiger partial charge on any atom is 0.159 e. The Bertz CT molecular complexity index is 1510. The van der Waals surface area contributed by atoms with E-state index in [1.165, 1.54) is 4.88 Å². The van der Waals surface area contributed by atoms with Crippen molar-refractivity contribution < 1.29 is 0 Å². The van der Waals surface area contributed by atoms with Gasteiger partial charge in [-0.25, -0.2) is 4.98 Å². The Morgan fingerprint density at radius 3 is 2.70 bits per heavy atom. The molecular weight excluding hydrogens is 392 g/mol. The van der Waals surface area contributed by atoms with Gasteiger partial charge in [0.25, 0.3) is 0 Å². The molecule has 6 rings (SSSR count). The fourth-order valence-corrected chi connectivity index (χ4v) is 4.56. The van der Waals surface area contributed by atoms with Crippen LogP contribution in [-0.2, 0) is 0 Å². The number of rotatable bonds is 3. The van der Waals surface area contributed by atoms with Gasteiger partial charge >= 0.3 is 0 Å². The van der Waals surface area contributed by atoms with Crippen LogP contribution in [0.15, 0.2) is 67.1 Å². The molecular formula is C23H16N6S. The fourth-order valence-electron chi connectivity index (χ4n) is 3.70. The summed E-state index contributed by atoms with van der Waals surface area (Å²) < 4.78 is 0. The molecule has 0 aliphatic heterocycles. The number of pyridine rings is 2. The van der Waals surface area contributed by atoms with Crippen LogP contribution >= 0.6 is 11.3 Å². The minimum Gasteiger partial charge on any atom is -0.336 e. The lowest BCUT2D eigenvalue weighted by Crippen LogP contribution is -1.83. The number of hydrogen-bond donors (Lipinski definition) is 2. The van der Waals surface area contributed by atoms with Crippen LogP contribution in [0.1, 0.15) is 4.88 Å². The minimum atomic E-state index is 0.724. The molecule has 7 heteroatoms. The summed E-state index contributed by atoms with van der Waals surface area (Å²) in [7, 11) is 0. The smallest absolute Gasteiger partial charge is 0.159 e. The lowest BCUT2D eigenvalue weighted by Gasteiger charge is -2.01. The number of nitrogens with one attached hydrogen (secondary N) is 2. The van der Waals surface area contributed by atoms with E-state index in [-0.39, 0.29) is 0 Å². The number of benzene rings is 1. The molecule has 0 bridgehead atoms. The SMILES string of the molecule is Cc1ccc(-c2nccc3[nH]c(-c4n[nH]c5ccc(-c6cccnc6)cc45)nc23)s1. The second kappa shape index (κ2) is 6.60. The number of aryl methyl sites for hydroxylation is 1. The molecule has 0 aliphatic rings. The first-order valence-corrected chi connectivity index (χ1v) is 10.4. The van der Waals surface area contributed by atoms with Gasteiger partial charge in [-0.05, 0) is 48.9 Å². The van der Waals surface area contributed by atoms with Gasteiger partial charge in [0.05, 0.1) is 15.9 Å². The van der Waals surface area contributed by atoms with E-state index in [1.807, 2.05) is 30.6 Å². The summed E-state index contributed by atoms with van der Waals surface area (Å²) in [4.78, 5) is 19.5. The number of H-pyrrole nitrogens is 2. The van der Waals surface area contributed by atoms with Crippen molar-refractivity contribution in [1.82, 2.24) is 30.1 Å². The summed E-state index contributed by atoms with van der Waals surface area (Å²) in [5, 5.41) is 8.68. The van der Waals surface area contributed by atoms with Crippen molar-refractivity contribution in [3.8, 4) is 33.2 Å². The van der Waals surface area contributed by atoms with Crippen molar-refractivity contribution in [3.05, 3.63) is 72.0 Å². The number of aromatic amines is 2. The molecule has 6 nitrogen and oxygen atoms in total. The highest BCUT2D eigenvalue weighted by Crippen LogP contribution is 2.34. The zero-order valence-electron chi connectivity index (χ0n) is 16.0. The molecule has 0 unspecified atom stereocenters. The maximum atomic E-state index is 4.89. The van der Waals surface area contributed by atoms with Crippen molar-refractivity contribution in [2.24, 2.45) is 0 Å². The Kier molecular flexibility index (Phi) is 3.75. The predicted molar refractivity (Wildman–Crippen MR) is 120 cm³/mol. The Morgan fingerprint density at radius 1 is 0.900 bits per heavy atom. The van der Waals surface area contributed by atoms with Gasteiger partial charge in [0, 0.05) is 34.4 Å². The molecule has 0 amide bonds. The van der Waals surface area contributed by atoms with Gasteiger partial charge in [-0.15, -0.1) is 11.3 Å². The molecule has 0 saturated heterocycles. The van der Waals surface area contributed by atoms with E-state index >= 15 is 0 Å². The van der Waals surface area contributed by atoms with Gasteiger partial charge in [-0.3, -0.25) is 15.1 Å². The van der Waals surface area contributed by atoms with Crippen molar-refractivity contribution in [2.45, 2.75) is 6.92 Å². The van der Waals surface area contributed by atoms with Gasteiger partial charge < -0.3 is 4.98 Å². The number of imidazole rings is 1. The van der Waals surface area contributed by atoms with E-state index in [1.54, 1.807) is 17.5 Å². The Labute approximate surface area is 175 Å². The fraction of sp³-hybridized carbons (Fsp3) is 0.0435. The van der Waals surface area contributed by atoms with Crippen molar-refractivity contribution in [1.29, 1.82) is 0 Å². The van der Waals surface area contributed by atoms with E-state index in [4.69, 9.17) is 4.98 Å². The molecule has 0 fully saturated rings. The highest BCUT2D eigenvalue weighted by molar-refractivity contribution is 7.15. The molecule has 1 aromatic carbocycles. The summed E-state index contributed by atoms with van der Waals surface area (Å²) in [6.07, 6.45) is 5.46. The lowest BCUT2D eigenvalue weighted by molar-refractivity contribution is 1.11. The average molecular weight is 408 g/mol. The maximum absolute atomic E-state index is 4.89. The summed E-state index contributed by atoms with van der Waals surface area (Å²) in [5.74, 6) is 0.724. The van der Waals surface area contributed by atoms with Crippen molar-refractivity contribution in [2.75, 3.05) is 0 Å². The number of hydrogen-bond acceptors (Lipinski definition) is 5. The molecule has 0 radical (unpaired) electrons. The molecule has 144 valence electrons. The lowest BCUT2D eigenvalue weighted by atomic mass is 10.0. The Hall–Kier alpha value is -3.84. The van der Waals surface area contributed by atoms with Gasteiger partial charge in [-0.1, -0.05) is 12.1 Å². The van der Waals surface area contributed by atoms with Gasteiger partial charge in [0.1, 0.15) is 16.9 Å². The van der Waals surface area contributed by atoms with Gasteiger partial charge in [-0.2, -0.15) is 5.10 Å². The first-order chi connectivity index (χ1) is 14.8. The largest absolute Gasteiger partial charge is 0.336 e. The van der Waals surface area contributed by atoms with Crippen molar-refractivity contribution >= 4 is 33.3 Å². The summed E-state index contributed by atoms with van der Waals surface area (Å²) in [6.45, 7) is 2.10. The molecule has 6 aromatic rings. The molecule has 5 aromatic heterocycles. The van der Waals surface area contributed by atoms with Crippen LogP contribution in [0.4, 0.5) is 0 Å². The van der Waals surface area contributed by atoms with E-state index < -0.39 is 0 Å². The zero-order chi connectivity index (χ0) is 20.1. The van der Waals surface area contributed by atoms with E-state index in [0.29, 0.717) is 0 Å². The van der Waals surface area contributed by atoms with Crippen LogP contribution < -0.4 is 0 Å². The second-order valence-corrected chi connectivity index (χ2v) is 8.41. The second-order valence-electron chi connectivity index (χ2n) is 7.13. The normalized spacial score (nSPS) is 11.5. The number of fused-ring (bicyclic) bond motifs is 2. The number of nitrogens with zero attached hydrogens (tertiary/aromatic N) is 4. The van der Waals surface area contributed by atoms with Crippen molar-refractivity contribution in [3.63, 3.8) is 0 Å². The number of aromatic nitrogens is 6. The van der Waals surface area contributed by atoms with Crippen LogP contribution in [0, 0.1) is 6.92 Å². The molecule has 0 aliphatic carbocycles. The summed E-state index contributed by atoms with van der Waals surface area (Å²) in [6, 6.07) is 16.4. The standard InChI is InChI=1S/C23H16N6S/c1-13-4-7-19(30-13)22-21-18(8-10-25-22)26-23(27-21)20-16-11-14(5-6-17(16)28-29-20)15-3-2-9-24-12-15/h2-12H,1H3,(H,26,27)(H,28,29). The molecule has 5 heterocycles. The van der Waals surface area contributed by atoms with Crippen LogP contribution in [-0.4, -0.2) is 30.1 Å². The third kappa shape index (κ3) is 2.71. The third-order valence-electron chi connectivity index (χ3n) is 5.16. The van der Waals surface area contributed by atoms with Crippen LogP contribution in [0.25, 0.3) is 55.2 Å². The highest BCUT2D eigenvalue weighted by atomic mass is 32.1. The quantitative estimate of drug-likeness (QED) is 0.399. The zero-order valence-corrected chi connectivity index (χ0v) is 16.9. The molecule has 0 saturated carbocycles. The third-order valence-corrected chi connectivity index (χ3v) is 6.16. The summed E-state index contributed by atoms with van der Waals surface area (Å²) >= 11 is 1.72. The van der Waals surface area contributed by atoms with E-state index in [0.717, 1.165) is 55.2 Å². The number of thiophene rings is 1. The Balaban J connectivity index is 1.52. The van der Waals surface area contributed by atoms with E-state index in [9.17, 15) is 0 Å². The molecule has 0 spiro atoms. The molecule has 0 atom stereocenters. The first-order valence-electron chi connectivity index (χ1n) is 9.57. The van der Waals surface area contributed by atoms with Crippen LogP contribution in [0.5, 0.6) is 0 Å². The minimum absolute atomic E-state index is 0.724. The monoisotopic (exact) mass is 408 g/mol. The highest BCUT2D eigenvalue weighted by Gasteiger charge is 2.17. The molecule has 2 N–H and O–H groups in total. The van der Waals surface area contributed by atoms with Crippen LogP contribution in [0.3, 0.4) is 0 Å². The first kappa shape index (κ1) is 17.1. The van der Waals surface area contributed by atoms with Gasteiger partial charge in [0.2, 0.25) is 0 Å².